The highest BCUT2D eigenvalue weighted by molar-refractivity contribution is 7.80. The standard InChI is InChI=1S/C5H7Cl2NO2S/c6-1-4(7)8-3(2-11)5(9)10/h3,11H,1-2H2,(H,9,10)/t3-/m0/s1. The summed E-state index contributed by atoms with van der Waals surface area (Å²) in [7, 11) is 0. The van der Waals surface area contributed by atoms with Crippen molar-refractivity contribution < 1.29 is 9.90 Å². The first-order valence-electron chi connectivity index (χ1n) is 2.73. The van der Waals surface area contributed by atoms with Gasteiger partial charge in [0.25, 0.3) is 0 Å². The van der Waals surface area contributed by atoms with Gasteiger partial charge in [-0.05, 0) is 0 Å². The first-order valence-corrected chi connectivity index (χ1v) is 4.28. The van der Waals surface area contributed by atoms with Crippen molar-refractivity contribution >= 4 is 47.0 Å². The molecule has 0 saturated carbocycles. The average Bonchev–Trinajstić information content (AvgIpc) is 1.99. The highest BCUT2D eigenvalue weighted by Crippen LogP contribution is 1.99. The van der Waals surface area contributed by atoms with E-state index in [9.17, 15) is 4.79 Å². The number of carboxylic acids is 1. The van der Waals surface area contributed by atoms with E-state index < -0.39 is 12.0 Å². The smallest absolute Gasteiger partial charge is 0.329 e. The molecule has 64 valence electrons. The molecule has 0 rings (SSSR count). The zero-order valence-corrected chi connectivity index (χ0v) is 7.90. The molecule has 11 heavy (non-hydrogen) atoms. The number of alkyl halides is 1. The van der Waals surface area contributed by atoms with Crippen LogP contribution >= 0.6 is 35.8 Å². The number of rotatable bonds is 4. The molecule has 0 unspecified atom stereocenters. The normalized spacial score (nSPS) is 14.6. The Morgan fingerprint density at radius 2 is 2.27 bits per heavy atom. The van der Waals surface area contributed by atoms with E-state index in [1.165, 1.54) is 0 Å². The fraction of sp³-hybridized carbons (Fsp3) is 0.600. The Bertz CT molecular complexity index is 174. The Labute approximate surface area is 79.8 Å². The zero-order valence-electron chi connectivity index (χ0n) is 5.50. The lowest BCUT2D eigenvalue weighted by atomic mass is 10.4. The molecular weight excluding hydrogens is 209 g/mol. The molecule has 0 heterocycles. The highest BCUT2D eigenvalue weighted by atomic mass is 35.5. The molecule has 0 spiro atoms. The van der Waals surface area contributed by atoms with Crippen molar-refractivity contribution in [3.63, 3.8) is 0 Å². The number of hydrogen-bond acceptors (Lipinski definition) is 3. The van der Waals surface area contributed by atoms with Crippen LogP contribution in [0.1, 0.15) is 0 Å². The lowest BCUT2D eigenvalue weighted by Crippen LogP contribution is -2.20. The molecule has 0 aromatic rings. The first-order chi connectivity index (χ1) is 5.11. The van der Waals surface area contributed by atoms with Gasteiger partial charge in [-0.2, -0.15) is 12.6 Å². The molecule has 0 bridgehead atoms. The molecule has 0 aliphatic rings. The SMILES string of the molecule is O=C(O)[C@H](CS)N=C(Cl)CCl. The summed E-state index contributed by atoms with van der Waals surface area (Å²) in [5.74, 6) is -0.912. The van der Waals surface area contributed by atoms with Crippen molar-refractivity contribution in [1.82, 2.24) is 0 Å². The second-order valence-electron chi connectivity index (χ2n) is 1.68. The number of thiol groups is 1. The summed E-state index contributed by atoms with van der Waals surface area (Å²) in [6.45, 7) is 0. The number of nitrogens with zero attached hydrogens (tertiary/aromatic N) is 1. The van der Waals surface area contributed by atoms with Crippen molar-refractivity contribution in [2.24, 2.45) is 4.99 Å². The van der Waals surface area contributed by atoms with E-state index in [1.807, 2.05) is 0 Å². The van der Waals surface area contributed by atoms with E-state index in [0.29, 0.717) is 0 Å². The van der Waals surface area contributed by atoms with Crippen molar-refractivity contribution in [2.75, 3.05) is 11.6 Å². The molecule has 0 amide bonds. The van der Waals surface area contributed by atoms with Gasteiger partial charge in [-0.25, -0.2) is 4.79 Å². The lowest BCUT2D eigenvalue weighted by Gasteiger charge is -2.02. The van der Waals surface area contributed by atoms with Crippen LogP contribution in [0, 0.1) is 0 Å². The Kier molecular flexibility index (Phi) is 5.72. The zero-order chi connectivity index (χ0) is 8.85. The fourth-order valence-corrected chi connectivity index (χ4v) is 0.802. The number of aliphatic imine (C=N–C) groups is 1. The third kappa shape index (κ3) is 4.50. The molecule has 3 nitrogen and oxygen atoms in total. The van der Waals surface area contributed by atoms with Gasteiger partial charge < -0.3 is 5.11 Å². The monoisotopic (exact) mass is 215 g/mol. The lowest BCUT2D eigenvalue weighted by molar-refractivity contribution is -0.137. The Morgan fingerprint density at radius 3 is 2.55 bits per heavy atom. The van der Waals surface area contributed by atoms with Crippen LogP contribution in [0.2, 0.25) is 0 Å². The Balaban J connectivity index is 4.17. The average molecular weight is 216 g/mol. The number of hydrogen-bond donors (Lipinski definition) is 2. The van der Waals surface area contributed by atoms with Crippen LogP contribution in [-0.2, 0) is 4.79 Å². The molecule has 0 saturated heterocycles. The first kappa shape index (κ1) is 11.1. The molecule has 0 aromatic carbocycles. The van der Waals surface area contributed by atoms with Gasteiger partial charge >= 0.3 is 5.97 Å². The van der Waals surface area contributed by atoms with E-state index >= 15 is 0 Å². The number of halogens is 2. The topological polar surface area (TPSA) is 49.7 Å². The quantitative estimate of drug-likeness (QED) is 0.422. The molecule has 0 aliphatic carbocycles. The summed E-state index contributed by atoms with van der Waals surface area (Å²) in [6.07, 6.45) is 0. The van der Waals surface area contributed by atoms with Gasteiger partial charge in [0.15, 0.2) is 6.04 Å². The van der Waals surface area contributed by atoms with Gasteiger partial charge in [0.1, 0.15) is 5.17 Å². The minimum atomic E-state index is -1.05. The Morgan fingerprint density at radius 1 is 1.73 bits per heavy atom. The number of carbonyl (C=O) groups is 1. The van der Waals surface area contributed by atoms with Gasteiger partial charge in [-0.3, -0.25) is 4.99 Å². The van der Waals surface area contributed by atoms with Crippen LogP contribution < -0.4 is 0 Å². The minimum absolute atomic E-state index is 0.0269. The fourth-order valence-electron chi connectivity index (χ4n) is 0.378. The number of carboxylic acid groups (broad SMARTS) is 1. The summed E-state index contributed by atoms with van der Waals surface area (Å²) in [4.78, 5) is 13.9. The van der Waals surface area contributed by atoms with Gasteiger partial charge in [-0.15, -0.1) is 11.6 Å². The van der Waals surface area contributed by atoms with Crippen LogP contribution in [0.5, 0.6) is 0 Å². The molecular formula is C5H7Cl2NO2S. The van der Waals surface area contributed by atoms with Crippen LogP contribution in [0.15, 0.2) is 4.99 Å². The summed E-state index contributed by atoms with van der Waals surface area (Å²) in [5.41, 5.74) is 0. The van der Waals surface area contributed by atoms with Crippen molar-refractivity contribution in [3.05, 3.63) is 0 Å². The van der Waals surface area contributed by atoms with E-state index in [0.717, 1.165) is 0 Å². The minimum Gasteiger partial charge on any atom is -0.480 e. The van der Waals surface area contributed by atoms with E-state index in [1.54, 1.807) is 0 Å². The van der Waals surface area contributed by atoms with E-state index in [-0.39, 0.29) is 16.8 Å². The second-order valence-corrected chi connectivity index (χ2v) is 2.74. The van der Waals surface area contributed by atoms with Crippen LogP contribution in [-0.4, -0.2) is 33.9 Å². The van der Waals surface area contributed by atoms with Crippen LogP contribution in [0.25, 0.3) is 0 Å². The maximum Gasteiger partial charge on any atom is 0.329 e. The van der Waals surface area contributed by atoms with Gasteiger partial charge in [0.2, 0.25) is 0 Å². The van der Waals surface area contributed by atoms with Gasteiger partial charge in [0, 0.05) is 5.75 Å². The van der Waals surface area contributed by atoms with E-state index in [2.05, 4.69) is 17.6 Å². The Hall–Kier alpha value is 0.0700. The van der Waals surface area contributed by atoms with E-state index in [4.69, 9.17) is 28.3 Å². The highest BCUT2D eigenvalue weighted by Gasteiger charge is 2.13. The van der Waals surface area contributed by atoms with Crippen molar-refractivity contribution in [1.29, 1.82) is 0 Å². The largest absolute Gasteiger partial charge is 0.480 e. The summed E-state index contributed by atoms with van der Waals surface area (Å²) < 4.78 is 0. The third-order valence-electron chi connectivity index (χ3n) is 0.864. The molecule has 0 radical (unpaired) electrons. The van der Waals surface area contributed by atoms with Gasteiger partial charge in [-0.1, -0.05) is 11.6 Å². The maximum atomic E-state index is 10.3. The van der Waals surface area contributed by atoms with Crippen molar-refractivity contribution in [3.8, 4) is 0 Å². The summed E-state index contributed by atoms with van der Waals surface area (Å²) >= 11 is 14.5. The molecule has 0 aromatic heterocycles. The van der Waals surface area contributed by atoms with Crippen LogP contribution in [0.3, 0.4) is 0 Å². The molecule has 0 fully saturated rings. The van der Waals surface area contributed by atoms with Crippen molar-refractivity contribution in [2.45, 2.75) is 6.04 Å². The predicted molar refractivity (Wildman–Crippen MR) is 49.3 cm³/mol. The second kappa shape index (κ2) is 5.69. The van der Waals surface area contributed by atoms with Crippen LogP contribution in [0.4, 0.5) is 0 Å². The number of aliphatic carboxylic acids is 1. The predicted octanol–water partition coefficient (Wildman–Crippen LogP) is 1.25. The molecule has 1 atom stereocenters. The maximum absolute atomic E-state index is 10.3. The third-order valence-corrected chi connectivity index (χ3v) is 1.83. The molecule has 6 heteroatoms. The molecule has 0 aliphatic heterocycles. The van der Waals surface area contributed by atoms with Gasteiger partial charge in [0.05, 0.1) is 5.88 Å². The summed E-state index contributed by atoms with van der Waals surface area (Å²) in [5, 5.41) is 8.55. The molecule has 1 N–H and O–H groups in total. The summed E-state index contributed by atoms with van der Waals surface area (Å²) in [6, 6.07) is -0.899.